The van der Waals surface area contributed by atoms with Gasteiger partial charge in [0.05, 0.1) is 21.8 Å². The molecule has 1 unspecified atom stereocenters. The van der Waals surface area contributed by atoms with E-state index < -0.39 is 0 Å². The molecular formula is C20H17ClN2O2S. The van der Waals surface area contributed by atoms with Crippen molar-refractivity contribution in [3.63, 3.8) is 0 Å². The van der Waals surface area contributed by atoms with Gasteiger partial charge in [-0.3, -0.25) is 14.2 Å². The molecule has 0 amide bonds. The lowest BCUT2D eigenvalue weighted by molar-refractivity contribution is -0.119. The van der Waals surface area contributed by atoms with E-state index >= 15 is 0 Å². The van der Waals surface area contributed by atoms with Crippen LogP contribution in [-0.2, 0) is 4.79 Å². The first-order valence-electron chi connectivity index (χ1n) is 8.60. The number of Topliss-reactive ketones (excluding diaryl/α,β-unsaturated/α-hetero) is 1. The second-order valence-corrected chi connectivity index (χ2v) is 7.96. The summed E-state index contributed by atoms with van der Waals surface area (Å²) in [5, 5.41) is 1.48. The lowest BCUT2D eigenvalue weighted by atomic mass is 9.99. The first-order valence-corrected chi connectivity index (χ1v) is 9.86. The van der Waals surface area contributed by atoms with Crippen molar-refractivity contribution in [2.24, 2.45) is 0 Å². The lowest BCUT2D eigenvalue weighted by Gasteiger charge is -2.21. The molecule has 1 aliphatic carbocycles. The van der Waals surface area contributed by atoms with E-state index in [1.807, 2.05) is 24.3 Å². The van der Waals surface area contributed by atoms with E-state index in [1.54, 1.807) is 28.8 Å². The Bertz CT molecular complexity index is 1050. The second-order valence-electron chi connectivity index (χ2n) is 6.35. The maximum atomic E-state index is 13.2. The minimum atomic E-state index is -0.151. The highest BCUT2D eigenvalue weighted by molar-refractivity contribution is 8.00. The summed E-state index contributed by atoms with van der Waals surface area (Å²) in [7, 11) is 0. The number of rotatable bonds is 3. The number of para-hydroxylation sites is 1. The maximum Gasteiger partial charge on any atom is 0.266 e. The Balaban J connectivity index is 1.90. The van der Waals surface area contributed by atoms with Gasteiger partial charge in [0.2, 0.25) is 0 Å². The molecule has 26 heavy (non-hydrogen) atoms. The van der Waals surface area contributed by atoms with Crippen LogP contribution in [0.15, 0.2) is 58.5 Å². The summed E-state index contributed by atoms with van der Waals surface area (Å²) in [6.07, 6.45) is 3.40. The van der Waals surface area contributed by atoms with E-state index in [-0.39, 0.29) is 16.6 Å². The molecule has 1 aromatic heterocycles. The van der Waals surface area contributed by atoms with Gasteiger partial charge in [0.15, 0.2) is 5.16 Å². The minimum absolute atomic E-state index is 0.149. The van der Waals surface area contributed by atoms with Crippen molar-refractivity contribution in [2.75, 3.05) is 0 Å². The molecule has 1 heterocycles. The zero-order valence-corrected chi connectivity index (χ0v) is 15.6. The molecular weight excluding hydrogens is 368 g/mol. The van der Waals surface area contributed by atoms with Crippen LogP contribution in [0.3, 0.4) is 0 Å². The molecule has 0 bridgehead atoms. The number of ketones is 1. The number of thioether (sulfide) groups is 1. The highest BCUT2D eigenvalue weighted by Gasteiger charge is 2.26. The smallest absolute Gasteiger partial charge is 0.266 e. The van der Waals surface area contributed by atoms with Crippen molar-refractivity contribution in [1.29, 1.82) is 0 Å². The molecule has 132 valence electrons. The van der Waals surface area contributed by atoms with E-state index in [9.17, 15) is 9.59 Å². The number of hydrogen-bond donors (Lipinski definition) is 0. The fourth-order valence-corrected chi connectivity index (χ4v) is 4.65. The Hall–Kier alpha value is -2.11. The fourth-order valence-electron chi connectivity index (χ4n) is 3.24. The number of carbonyl (C=O) groups excluding carboxylic acids is 1. The van der Waals surface area contributed by atoms with Crippen molar-refractivity contribution < 1.29 is 4.79 Å². The molecule has 4 rings (SSSR count). The Labute approximate surface area is 160 Å². The summed E-state index contributed by atoms with van der Waals surface area (Å²) in [5.74, 6) is 0.237. The molecule has 0 spiro atoms. The number of nitrogens with zero attached hydrogens (tertiary/aromatic N) is 2. The standard InChI is InChI=1S/C20H17ClN2O2S/c21-13-6-5-7-14(12-13)23-19(25)15-8-1-2-9-16(15)22-20(23)26-18-11-4-3-10-17(18)24/h1-2,5-9,12,18H,3-4,10-11H2. The van der Waals surface area contributed by atoms with Gasteiger partial charge in [0.1, 0.15) is 5.78 Å². The minimum Gasteiger partial charge on any atom is -0.298 e. The van der Waals surface area contributed by atoms with E-state index in [0.717, 1.165) is 19.3 Å². The Morgan fingerprint density at radius 2 is 1.92 bits per heavy atom. The molecule has 2 aromatic carbocycles. The fraction of sp³-hybridized carbons (Fsp3) is 0.250. The Morgan fingerprint density at radius 3 is 2.73 bits per heavy atom. The molecule has 1 fully saturated rings. The lowest BCUT2D eigenvalue weighted by Crippen LogP contribution is -2.26. The van der Waals surface area contributed by atoms with Crippen LogP contribution >= 0.6 is 23.4 Å². The van der Waals surface area contributed by atoms with Gasteiger partial charge >= 0.3 is 0 Å². The van der Waals surface area contributed by atoms with Gasteiger partial charge in [0, 0.05) is 11.4 Å². The van der Waals surface area contributed by atoms with Crippen LogP contribution in [0.1, 0.15) is 25.7 Å². The largest absolute Gasteiger partial charge is 0.298 e. The van der Waals surface area contributed by atoms with Crippen LogP contribution in [-0.4, -0.2) is 20.6 Å². The van der Waals surface area contributed by atoms with Crippen LogP contribution in [0.4, 0.5) is 0 Å². The van der Waals surface area contributed by atoms with Crippen molar-refractivity contribution in [3.8, 4) is 5.69 Å². The third kappa shape index (κ3) is 3.29. The SMILES string of the molecule is O=C1CCCCC1Sc1nc2ccccc2c(=O)n1-c1cccc(Cl)c1. The quantitative estimate of drug-likeness (QED) is 0.617. The second kappa shape index (κ2) is 7.25. The summed E-state index contributed by atoms with van der Waals surface area (Å²) >= 11 is 7.52. The van der Waals surface area contributed by atoms with Crippen molar-refractivity contribution in [2.45, 2.75) is 36.1 Å². The molecule has 4 nitrogen and oxygen atoms in total. The van der Waals surface area contributed by atoms with Gasteiger partial charge in [-0.05, 0) is 43.2 Å². The molecule has 0 N–H and O–H groups in total. The first kappa shape index (κ1) is 17.3. The Kier molecular flexibility index (Phi) is 4.83. The third-order valence-corrected chi connectivity index (χ3v) is 6.06. The van der Waals surface area contributed by atoms with Gasteiger partial charge in [-0.15, -0.1) is 0 Å². The van der Waals surface area contributed by atoms with Crippen LogP contribution in [0, 0.1) is 0 Å². The van der Waals surface area contributed by atoms with E-state index in [0.29, 0.717) is 33.2 Å². The topological polar surface area (TPSA) is 52.0 Å². The Morgan fingerprint density at radius 1 is 1.08 bits per heavy atom. The molecule has 1 aliphatic rings. The summed E-state index contributed by atoms with van der Waals surface area (Å²) < 4.78 is 1.57. The highest BCUT2D eigenvalue weighted by atomic mass is 35.5. The summed E-state index contributed by atoms with van der Waals surface area (Å²) in [4.78, 5) is 30.2. The number of benzene rings is 2. The molecule has 0 saturated heterocycles. The maximum absolute atomic E-state index is 13.2. The number of carbonyl (C=O) groups is 1. The molecule has 6 heteroatoms. The normalized spacial score (nSPS) is 17.6. The van der Waals surface area contributed by atoms with E-state index in [2.05, 4.69) is 0 Å². The molecule has 1 atom stereocenters. The molecule has 0 aliphatic heterocycles. The number of aromatic nitrogens is 2. The van der Waals surface area contributed by atoms with E-state index in [4.69, 9.17) is 16.6 Å². The van der Waals surface area contributed by atoms with Gasteiger partial charge in [-0.25, -0.2) is 4.98 Å². The van der Waals surface area contributed by atoms with Gasteiger partial charge < -0.3 is 0 Å². The van der Waals surface area contributed by atoms with Crippen molar-refractivity contribution in [1.82, 2.24) is 9.55 Å². The van der Waals surface area contributed by atoms with Gasteiger partial charge in [0.25, 0.3) is 5.56 Å². The number of hydrogen-bond acceptors (Lipinski definition) is 4. The van der Waals surface area contributed by atoms with Crippen molar-refractivity contribution in [3.05, 3.63) is 63.9 Å². The molecule has 3 aromatic rings. The molecule has 1 saturated carbocycles. The average Bonchev–Trinajstić information content (AvgIpc) is 2.64. The number of fused-ring (bicyclic) bond motifs is 1. The monoisotopic (exact) mass is 384 g/mol. The number of halogens is 1. The van der Waals surface area contributed by atoms with E-state index in [1.165, 1.54) is 11.8 Å². The van der Waals surface area contributed by atoms with Crippen LogP contribution < -0.4 is 5.56 Å². The third-order valence-electron chi connectivity index (χ3n) is 4.56. The predicted octanol–water partition coefficient (Wildman–Crippen LogP) is 4.64. The summed E-state index contributed by atoms with van der Waals surface area (Å²) in [6.45, 7) is 0. The average molecular weight is 385 g/mol. The predicted molar refractivity (Wildman–Crippen MR) is 105 cm³/mol. The first-order chi connectivity index (χ1) is 12.6. The highest BCUT2D eigenvalue weighted by Crippen LogP contribution is 2.32. The van der Waals surface area contributed by atoms with Crippen LogP contribution in [0.5, 0.6) is 0 Å². The van der Waals surface area contributed by atoms with Crippen LogP contribution in [0.2, 0.25) is 5.02 Å². The summed E-state index contributed by atoms with van der Waals surface area (Å²) in [5.41, 5.74) is 1.15. The van der Waals surface area contributed by atoms with Gasteiger partial charge in [-0.1, -0.05) is 48.0 Å². The van der Waals surface area contributed by atoms with Gasteiger partial charge in [-0.2, -0.15) is 0 Å². The molecule has 0 radical (unpaired) electrons. The summed E-state index contributed by atoms with van der Waals surface area (Å²) in [6, 6.07) is 14.4. The van der Waals surface area contributed by atoms with Crippen LogP contribution in [0.25, 0.3) is 16.6 Å². The zero-order valence-electron chi connectivity index (χ0n) is 14.0. The van der Waals surface area contributed by atoms with Crippen molar-refractivity contribution >= 4 is 40.0 Å². The zero-order chi connectivity index (χ0) is 18.1.